The molecule has 1 aromatic carbocycles. The van der Waals surface area contributed by atoms with E-state index in [-0.39, 0.29) is 5.56 Å². The van der Waals surface area contributed by atoms with Gasteiger partial charge >= 0.3 is 0 Å². The molecule has 0 spiro atoms. The van der Waals surface area contributed by atoms with E-state index < -0.39 is 0 Å². The molecule has 0 atom stereocenters. The molecule has 4 nitrogen and oxygen atoms in total. The smallest absolute Gasteiger partial charge is 0.261 e. The Bertz CT molecular complexity index is 688. The second kappa shape index (κ2) is 5.26. The zero-order valence-electron chi connectivity index (χ0n) is 12.2. The van der Waals surface area contributed by atoms with Crippen molar-refractivity contribution < 1.29 is 0 Å². The van der Waals surface area contributed by atoms with Gasteiger partial charge < -0.3 is 5.32 Å². The van der Waals surface area contributed by atoms with E-state index in [9.17, 15) is 4.79 Å². The molecule has 1 heterocycles. The van der Waals surface area contributed by atoms with Crippen molar-refractivity contribution in [2.75, 3.05) is 6.54 Å². The van der Waals surface area contributed by atoms with Crippen molar-refractivity contribution in [3.05, 3.63) is 40.9 Å². The molecule has 2 aliphatic rings. The maximum atomic E-state index is 12.4. The fraction of sp³-hybridized carbons (Fsp3) is 0.529. The summed E-state index contributed by atoms with van der Waals surface area (Å²) in [5, 5.41) is 4.39. The highest BCUT2D eigenvalue weighted by atomic mass is 16.1. The Morgan fingerprint density at radius 1 is 1.19 bits per heavy atom. The molecule has 1 N–H and O–H groups in total. The predicted octanol–water partition coefficient (Wildman–Crippen LogP) is 2.17. The van der Waals surface area contributed by atoms with E-state index in [0.29, 0.717) is 18.0 Å². The normalized spacial score (nSPS) is 18.5. The van der Waals surface area contributed by atoms with Gasteiger partial charge in [0.1, 0.15) is 0 Å². The van der Waals surface area contributed by atoms with E-state index in [1.165, 1.54) is 25.7 Å². The molecule has 0 saturated heterocycles. The van der Waals surface area contributed by atoms with Crippen molar-refractivity contribution in [2.24, 2.45) is 11.8 Å². The topological polar surface area (TPSA) is 46.9 Å². The van der Waals surface area contributed by atoms with Gasteiger partial charge in [-0.15, -0.1) is 0 Å². The molecular weight excluding hydrogens is 262 g/mol. The highest BCUT2D eigenvalue weighted by Gasteiger charge is 2.40. The number of rotatable bonds is 6. The number of benzene rings is 1. The third kappa shape index (κ3) is 2.72. The number of para-hydroxylation sites is 1. The van der Waals surface area contributed by atoms with E-state index in [4.69, 9.17) is 0 Å². The first kappa shape index (κ1) is 13.0. The Kier molecular flexibility index (Phi) is 3.26. The molecule has 4 heteroatoms. The Labute approximate surface area is 124 Å². The lowest BCUT2D eigenvalue weighted by atomic mass is 10.1. The number of hydrogen-bond donors (Lipinski definition) is 1. The average molecular weight is 283 g/mol. The Hall–Kier alpha value is -1.68. The second-order valence-corrected chi connectivity index (χ2v) is 6.42. The maximum absolute atomic E-state index is 12.4. The first-order valence-corrected chi connectivity index (χ1v) is 8.00. The number of fused-ring (bicyclic) bond motifs is 1. The van der Waals surface area contributed by atoms with Gasteiger partial charge in [-0.05, 0) is 49.7 Å². The molecule has 0 unspecified atom stereocenters. The van der Waals surface area contributed by atoms with Gasteiger partial charge in [-0.3, -0.25) is 9.36 Å². The van der Waals surface area contributed by atoms with Gasteiger partial charge in [-0.2, -0.15) is 0 Å². The number of nitrogens with zero attached hydrogens (tertiary/aromatic N) is 2. The predicted molar refractivity (Wildman–Crippen MR) is 83.2 cm³/mol. The van der Waals surface area contributed by atoms with Crippen molar-refractivity contribution in [2.45, 2.75) is 38.3 Å². The molecule has 0 radical (unpaired) electrons. The van der Waals surface area contributed by atoms with Crippen LogP contribution in [0.5, 0.6) is 0 Å². The molecular formula is C17H21N3O. The summed E-state index contributed by atoms with van der Waals surface area (Å²) in [6.07, 6.45) is 7.20. The van der Waals surface area contributed by atoms with Gasteiger partial charge in [0.25, 0.3) is 5.56 Å². The summed E-state index contributed by atoms with van der Waals surface area (Å²) in [5.41, 5.74) is 0.845. The Morgan fingerprint density at radius 3 is 2.62 bits per heavy atom. The van der Waals surface area contributed by atoms with Crippen LogP contribution in [0.1, 0.15) is 25.7 Å². The summed E-state index contributed by atoms with van der Waals surface area (Å²) in [5.74, 6) is 1.79. The molecule has 1 aromatic heterocycles. The molecule has 0 bridgehead atoms. The summed E-state index contributed by atoms with van der Waals surface area (Å²) in [7, 11) is 0. The SMILES string of the molecule is O=c1c2ccccc2ncn1CCNC(C1CC1)C1CC1. The van der Waals surface area contributed by atoms with Crippen LogP contribution in [-0.4, -0.2) is 22.1 Å². The van der Waals surface area contributed by atoms with Crippen molar-refractivity contribution >= 4 is 10.9 Å². The van der Waals surface area contributed by atoms with Crippen LogP contribution in [0.25, 0.3) is 10.9 Å². The van der Waals surface area contributed by atoms with Gasteiger partial charge in [0.2, 0.25) is 0 Å². The third-order valence-corrected chi connectivity index (χ3v) is 4.72. The number of nitrogens with one attached hydrogen (secondary N) is 1. The molecule has 21 heavy (non-hydrogen) atoms. The van der Waals surface area contributed by atoms with Crippen LogP contribution in [-0.2, 0) is 6.54 Å². The average Bonchev–Trinajstić information content (AvgIpc) is 3.38. The van der Waals surface area contributed by atoms with Crippen LogP contribution >= 0.6 is 0 Å². The van der Waals surface area contributed by atoms with Crippen LogP contribution in [0.4, 0.5) is 0 Å². The third-order valence-electron chi connectivity index (χ3n) is 4.72. The van der Waals surface area contributed by atoms with E-state index in [1.807, 2.05) is 24.3 Å². The minimum absolute atomic E-state index is 0.0665. The minimum Gasteiger partial charge on any atom is -0.312 e. The minimum atomic E-state index is 0.0665. The number of hydrogen-bond acceptors (Lipinski definition) is 3. The van der Waals surface area contributed by atoms with Crippen LogP contribution < -0.4 is 10.9 Å². The van der Waals surface area contributed by atoms with Gasteiger partial charge in [-0.25, -0.2) is 4.98 Å². The van der Waals surface area contributed by atoms with E-state index in [1.54, 1.807) is 10.9 Å². The molecule has 2 aliphatic carbocycles. The van der Waals surface area contributed by atoms with Crippen molar-refractivity contribution in [3.63, 3.8) is 0 Å². The lowest BCUT2D eigenvalue weighted by Gasteiger charge is -2.18. The van der Waals surface area contributed by atoms with E-state index in [0.717, 1.165) is 23.9 Å². The van der Waals surface area contributed by atoms with Crippen LogP contribution in [0.15, 0.2) is 35.4 Å². The molecule has 110 valence electrons. The molecule has 0 amide bonds. The van der Waals surface area contributed by atoms with Gasteiger partial charge in [-0.1, -0.05) is 12.1 Å². The number of aromatic nitrogens is 2. The van der Waals surface area contributed by atoms with Crippen molar-refractivity contribution in [1.82, 2.24) is 14.9 Å². The Balaban J connectivity index is 1.44. The summed E-state index contributed by atoms with van der Waals surface area (Å²) in [4.78, 5) is 16.8. The lowest BCUT2D eigenvalue weighted by Crippen LogP contribution is -2.36. The van der Waals surface area contributed by atoms with Crippen molar-refractivity contribution in [1.29, 1.82) is 0 Å². The molecule has 0 aliphatic heterocycles. The fourth-order valence-corrected chi connectivity index (χ4v) is 3.25. The zero-order chi connectivity index (χ0) is 14.2. The van der Waals surface area contributed by atoms with Crippen molar-refractivity contribution in [3.8, 4) is 0 Å². The van der Waals surface area contributed by atoms with Crippen LogP contribution in [0.2, 0.25) is 0 Å². The lowest BCUT2D eigenvalue weighted by molar-refractivity contribution is 0.405. The fourth-order valence-electron chi connectivity index (χ4n) is 3.25. The van der Waals surface area contributed by atoms with Crippen LogP contribution in [0, 0.1) is 11.8 Å². The molecule has 2 fully saturated rings. The monoisotopic (exact) mass is 283 g/mol. The summed E-state index contributed by atoms with van der Waals surface area (Å²) >= 11 is 0. The maximum Gasteiger partial charge on any atom is 0.261 e. The van der Waals surface area contributed by atoms with Gasteiger partial charge in [0, 0.05) is 19.1 Å². The second-order valence-electron chi connectivity index (χ2n) is 6.42. The Morgan fingerprint density at radius 2 is 1.90 bits per heavy atom. The molecule has 4 rings (SSSR count). The van der Waals surface area contributed by atoms with Gasteiger partial charge in [0.05, 0.1) is 17.2 Å². The largest absolute Gasteiger partial charge is 0.312 e. The highest BCUT2D eigenvalue weighted by Crippen LogP contribution is 2.44. The highest BCUT2D eigenvalue weighted by molar-refractivity contribution is 5.76. The quantitative estimate of drug-likeness (QED) is 0.884. The van der Waals surface area contributed by atoms with E-state index in [2.05, 4.69) is 10.3 Å². The van der Waals surface area contributed by atoms with Crippen LogP contribution in [0.3, 0.4) is 0 Å². The molecule has 2 aromatic rings. The van der Waals surface area contributed by atoms with Gasteiger partial charge in [0.15, 0.2) is 0 Å². The summed E-state index contributed by atoms with van der Waals surface area (Å²) in [6, 6.07) is 8.23. The zero-order valence-corrected chi connectivity index (χ0v) is 12.2. The van der Waals surface area contributed by atoms with E-state index >= 15 is 0 Å². The first-order chi connectivity index (χ1) is 10.3. The summed E-state index contributed by atoms with van der Waals surface area (Å²) < 4.78 is 1.73. The summed E-state index contributed by atoms with van der Waals surface area (Å²) in [6.45, 7) is 1.56. The standard InChI is InChI=1S/C17H21N3O/c21-17-14-3-1-2-4-15(14)19-11-20(17)10-9-18-16(12-5-6-12)13-7-8-13/h1-4,11-13,16,18H,5-10H2. The molecule has 2 saturated carbocycles. The first-order valence-electron chi connectivity index (χ1n) is 8.00.